The molecule has 0 amide bonds. The number of carboxylic acids is 1. The first-order valence-corrected chi connectivity index (χ1v) is 19.3. The Labute approximate surface area is 314 Å². The second-order valence-corrected chi connectivity index (χ2v) is 15.0. The van der Waals surface area contributed by atoms with Gasteiger partial charge < -0.3 is 19.6 Å². The van der Waals surface area contributed by atoms with Crippen molar-refractivity contribution in [3.8, 4) is 23.8 Å². The molecule has 0 unspecified atom stereocenters. The first kappa shape index (κ1) is 41.8. The molecule has 4 heterocycles. The number of terminal acetylenes is 1. The first-order chi connectivity index (χ1) is 25.4. The van der Waals surface area contributed by atoms with Gasteiger partial charge in [-0.2, -0.15) is 18.1 Å². The molecule has 0 atom stereocenters. The number of aryl methyl sites for hydroxylation is 2. The average molecular weight is 833 g/mol. The smallest absolute Gasteiger partial charge is 0.350 e. The number of anilines is 1. The third-order valence-electron chi connectivity index (χ3n) is 6.87. The number of carbonyl (C=O) groups is 1. The predicted molar refractivity (Wildman–Crippen MR) is 190 cm³/mol. The van der Waals surface area contributed by atoms with Crippen molar-refractivity contribution in [2.75, 3.05) is 24.2 Å². The molecule has 0 saturated heterocycles. The topological polar surface area (TPSA) is 245 Å². The lowest BCUT2D eigenvalue weighted by molar-refractivity contribution is -0.135. The standard InChI is InChI=1S/C15H13Cl2N3O2.C12H9F2N5O2S.C3H8NO5P/c1-2-7-22-13-9-12(10(16)8-11(13)17)20-15(21)19-6-4-3-5-14(19)18-20;1-7-5-6-19-11(15-7)16-12(17-19)22(20,21)18-10-8(13)3-2-4-9(10)14;5-3(6)1-4-2-10(7,8)9/h1,8-9H,3-7H2;2-6,18H,1H3;4H,1-2H2,(H,5,6)(H2,7,8,9). The van der Waals surface area contributed by atoms with Crippen molar-refractivity contribution in [3.63, 3.8) is 0 Å². The van der Waals surface area contributed by atoms with E-state index in [-0.39, 0.29) is 18.1 Å². The number of nitrogens with zero attached hydrogens (tertiary/aromatic N) is 7. The highest BCUT2D eigenvalue weighted by molar-refractivity contribution is 7.92. The summed E-state index contributed by atoms with van der Waals surface area (Å²) in [5.41, 5.74) is 0.0641. The molecule has 54 heavy (non-hydrogen) atoms. The molecule has 288 valence electrons. The summed E-state index contributed by atoms with van der Waals surface area (Å²) >= 11 is 12.3. The summed E-state index contributed by atoms with van der Waals surface area (Å²) in [7, 11) is -8.44. The van der Waals surface area contributed by atoms with E-state index in [4.69, 9.17) is 49.3 Å². The van der Waals surface area contributed by atoms with Crippen molar-refractivity contribution in [2.45, 2.75) is 37.9 Å². The van der Waals surface area contributed by atoms with Crippen molar-refractivity contribution in [2.24, 2.45) is 0 Å². The fraction of sp³-hybridized carbons (Fsp3) is 0.267. The number of nitrogens with one attached hydrogen (secondary N) is 2. The van der Waals surface area contributed by atoms with E-state index in [1.165, 1.54) is 16.9 Å². The lowest BCUT2D eigenvalue weighted by Crippen LogP contribution is -2.26. The monoisotopic (exact) mass is 831 g/mol. The maximum atomic E-state index is 13.5. The summed E-state index contributed by atoms with van der Waals surface area (Å²) in [4.78, 5) is 46.4. The fourth-order valence-corrected chi connectivity index (χ4v) is 6.38. The Balaban J connectivity index is 0.000000194. The van der Waals surface area contributed by atoms with Crippen LogP contribution in [0.2, 0.25) is 10.0 Å². The number of fused-ring (bicyclic) bond motifs is 2. The number of ether oxygens (including phenoxy) is 1. The van der Waals surface area contributed by atoms with Gasteiger partial charge in [0.1, 0.15) is 35.5 Å². The number of rotatable bonds is 10. The van der Waals surface area contributed by atoms with Crippen LogP contribution in [0.3, 0.4) is 0 Å². The van der Waals surface area contributed by atoms with Crippen LogP contribution in [-0.4, -0.2) is 82.6 Å². The molecule has 5 aromatic rings. The van der Waals surface area contributed by atoms with Crippen LogP contribution >= 0.6 is 30.8 Å². The highest BCUT2D eigenvalue weighted by Gasteiger charge is 2.24. The summed E-state index contributed by atoms with van der Waals surface area (Å²) in [5, 5.41) is 18.2. The van der Waals surface area contributed by atoms with E-state index in [1.54, 1.807) is 28.3 Å². The largest absolute Gasteiger partial charge is 0.480 e. The molecule has 5 N–H and O–H groups in total. The molecular weight excluding hydrogens is 802 g/mol. The number of aromatic nitrogens is 7. The van der Waals surface area contributed by atoms with Gasteiger partial charge in [0.15, 0.2) is 0 Å². The van der Waals surface area contributed by atoms with E-state index in [9.17, 15) is 31.4 Å². The first-order valence-electron chi connectivity index (χ1n) is 15.3. The van der Waals surface area contributed by atoms with E-state index in [0.717, 1.165) is 47.8 Å². The van der Waals surface area contributed by atoms with Crippen LogP contribution in [0, 0.1) is 30.9 Å². The van der Waals surface area contributed by atoms with Gasteiger partial charge in [0.2, 0.25) is 0 Å². The number of hydrogen-bond donors (Lipinski definition) is 5. The number of carboxylic acid groups (broad SMARTS) is 1. The molecular formula is C30H30Cl2F2N9O9PS. The number of halogens is 4. The molecule has 24 heteroatoms. The van der Waals surface area contributed by atoms with Gasteiger partial charge in [-0.15, -0.1) is 16.6 Å². The predicted octanol–water partition coefficient (Wildman–Crippen LogP) is 3.00. The third-order valence-corrected chi connectivity index (χ3v) is 9.23. The zero-order chi connectivity index (χ0) is 39.8. The number of benzene rings is 2. The minimum atomic E-state index is -4.35. The van der Waals surface area contributed by atoms with Gasteiger partial charge in [-0.25, -0.2) is 23.1 Å². The van der Waals surface area contributed by atoms with Crippen LogP contribution in [0.15, 0.2) is 52.5 Å². The Bertz CT molecular complexity index is 2410. The van der Waals surface area contributed by atoms with Crippen LogP contribution in [-0.2, 0) is 32.3 Å². The zero-order valence-corrected chi connectivity index (χ0v) is 31.1. The summed E-state index contributed by atoms with van der Waals surface area (Å²) < 4.78 is 72.7. The highest BCUT2D eigenvalue weighted by Crippen LogP contribution is 2.33. The molecule has 0 fully saturated rings. The number of sulfonamides is 1. The number of hydrogen-bond acceptors (Lipinski definition) is 11. The van der Waals surface area contributed by atoms with Gasteiger partial charge in [0, 0.05) is 30.9 Å². The van der Waals surface area contributed by atoms with Gasteiger partial charge in [0.25, 0.3) is 21.0 Å². The van der Waals surface area contributed by atoms with Gasteiger partial charge in [0.05, 0.1) is 28.6 Å². The summed E-state index contributed by atoms with van der Waals surface area (Å²) in [6, 6.07) is 7.71. The fourth-order valence-electron chi connectivity index (χ4n) is 4.51. The molecule has 1 aliphatic heterocycles. The summed E-state index contributed by atoms with van der Waals surface area (Å²) in [6.45, 7) is 2.02. The molecule has 6 rings (SSSR count). The molecule has 0 spiro atoms. The molecule has 1 aliphatic rings. The Morgan fingerprint density at radius 1 is 1.11 bits per heavy atom. The summed E-state index contributed by atoms with van der Waals surface area (Å²) in [5.74, 6) is 0.348. The third kappa shape index (κ3) is 11.0. The molecule has 0 bridgehead atoms. The van der Waals surface area contributed by atoms with Crippen LogP contribution < -0.4 is 20.5 Å². The van der Waals surface area contributed by atoms with E-state index in [0.29, 0.717) is 33.7 Å². The molecule has 0 radical (unpaired) electrons. The molecule has 0 saturated carbocycles. The Kier molecular flexibility index (Phi) is 13.9. The highest BCUT2D eigenvalue weighted by atomic mass is 35.5. The normalized spacial score (nSPS) is 12.4. The van der Waals surface area contributed by atoms with E-state index < -0.39 is 58.9 Å². The van der Waals surface area contributed by atoms with Gasteiger partial charge in [-0.1, -0.05) is 35.2 Å². The lowest BCUT2D eigenvalue weighted by Gasteiger charge is -2.09. The van der Waals surface area contributed by atoms with Crippen LogP contribution in [0.4, 0.5) is 14.5 Å². The molecule has 3 aromatic heterocycles. The maximum Gasteiger partial charge on any atom is 0.350 e. The maximum absolute atomic E-state index is 13.5. The van der Waals surface area contributed by atoms with Gasteiger partial charge in [-0.05, 0) is 44.0 Å². The second-order valence-electron chi connectivity index (χ2n) is 11.0. The van der Waals surface area contributed by atoms with E-state index in [2.05, 4.69) is 31.4 Å². The van der Waals surface area contributed by atoms with Crippen molar-refractivity contribution < 1.29 is 46.2 Å². The van der Waals surface area contributed by atoms with Crippen molar-refractivity contribution >= 4 is 58.3 Å². The van der Waals surface area contributed by atoms with Crippen LogP contribution in [0.25, 0.3) is 11.5 Å². The minimum absolute atomic E-state index is 0.0642. The van der Waals surface area contributed by atoms with Crippen molar-refractivity contribution in [3.05, 3.63) is 86.3 Å². The van der Waals surface area contributed by atoms with Gasteiger partial charge in [-0.3, -0.25) is 24.0 Å². The number of aliphatic carboxylic acids is 1. The van der Waals surface area contributed by atoms with Crippen molar-refractivity contribution in [1.82, 2.24) is 39.2 Å². The number of para-hydroxylation sites is 1. The quantitative estimate of drug-likeness (QED) is 0.100. The average Bonchev–Trinajstić information content (AvgIpc) is 3.67. The van der Waals surface area contributed by atoms with Crippen LogP contribution in [0.1, 0.15) is 24.4 Å². The van der Waals surface area contributed by atoms with E-state index >= 15 is 0 Å². The molecule has 0 aliphatic carbocycles. The zero-order valence-electron chi connectivity index (χ0n) is 27.9. The Morgan fingerprint density at radius 2 is 1.81 bits per heavy atom. The van der Waals surface area contributed by atoms with Crippen molar-refractivity contribution in [1.29, 1.82) is 0 Å². The minimum Gasteiger partial charge on any atom is -0.480 e. The van der Waals surface area contributed by atoms with E-state index in [1.807, 2.05) is 0 Å². The Morgan fingerprint density at radius 3 is 2.44 bits per heavy atom. The molecule has 2 aromatic carbocycles. The SMILES string of the molecule is C#CCOc1cc(-n2nc3n(c2=O)CCCC3)c(Cl)cc1Cl.Cc1ccn2nc(S(=O)(=O)Nc3c(F)cccc3F)nc2n1.O=C(O)CNCP(=O)(O)O. The Hall–Kier alpha value is -4.94. The lowest BCUT2D eigenvalue weighted by atomic mass is 10.2. The van der Waals surface area contributed by atoms with Crippen LogP contribution in [0.5, 0.6) is 5.75 Å². The second kappa shape index (κ2) is 17.9. The van der Waals surface area contributed by atoms with Gasteiger partial charge >= 0.3 is 19.3 Å². The molecule has 18 nitrogen and oxygen atoms in total. The summed E-state index contributed by atoms with van der Waals surface area (Å²) in [6.07, 6.45) is 8.85.